The summed E-state index contributed by atoms with van der Waals surface area (Å²) in [5.41, 5.74) is 4.65. The Morgan fingerprint density at radius 3 is 2.38 bits per heavy atom. The van der Waals surface area contributed by atoms with Crippen molar-refractivity contribution in [3.05, 3.63) is 71.3 Å². The monoisotopic (exact) mass is 282 g/mol. The smallest absolute Gasteiger partial charge is 0.290 e. The summed E-state index contributed by atoms with van der Waals surface area (Å²) in [5, 5.41) is 6.89. The largest absolute Gasteiger partial charge is 0.483 e. The van der Waals surface area contributed by atoms with Crippen molar-refractivity contribution >= 4 is 6.47 Å². The van der Waals surface area contributed by atoms with Crippen LogP contribution in [-0.4, -0.2) is 11.6 Å². The van der Waals surface area contributed by atoms with E-state index in [4.69, 9.17) is 9.90 Å². The fourth-order valence-corrected chi connectivity index (χ4v) is 3.30. The van der Waals surface area contributed by atoms with Crippen molar-refractivity contribution in [1.82, 2.24) is 0 Å². The zero-order valence-electron chi connectivity index (χ0n) is 12.4. The molecule has 0 bridgehead atoms. The van der Waals surface area contributed by atoms with Crippen molar-refractivity contribution in [2.75, 3.05) is 0 Å². The standard InChI is InChI=1S/C18H20.CH2O2/c1-2-14-12-17(15-8-4-3-5-9-15)13-16-10-6-7-11-18(14)16;2-1-3/h3-11,14,17H,2,12-13H2,1H3;1H,(H,2,3). The fourth-order valence-electron chi connectivity index (χ4n) is 3.30. The molecule has 1 aliphatic carbocycles. The van der Waals surface area contributed by atoms with Gasteiger partial charge in [0, 0.05) is 0 Å². The normalized spacial score (nSPS) is 19.9. The average Bonchev–Trinajstić information content (AvgIpc) is 2.55. The molecule has 0 amide bonds. The van der Waals surface area contributed by atoms with Gasteiger partial charge in [-0.1, -0.05) is 61.5 Å². The zero-order valence-corrected chi connectivity index (χ0v) is 12.4. The second-order valence-electron chi connectivity index (χ2n) is 5.46. The highest BCUT2D eigenvalue weighted by atomic mass is 16.3. The Morgan fingerprint density at radius 2 is 1.71 bits per heavy atom. The summed E-state index contributed by atoms with van der Waals surface area (Å²) in [6.45, 7) is 2.06. The molecule has 2 heteroatoms. The van der Waals surface area contributed by atoms with Crippen LogP contribution in [0.15, 0.2) is 54.6 Å². The van der Waals surface area contributed by atoms with Crippen LogP contribution in [0.2, 0.25) is 0 Å². The Kier molecular flexibility index (Phi) is 5.56. The first-order valence-electron chi connectivity index (χ1n) is 7.50. The Bertz CT molecular complexity index is 563. The fraction of sp³-hybridized carbons (Fsp3) is 0.316. The molecular weight excluding hydrogens is 260 g/mol. The van der Waals surface area contributed by atoms with Gasteiger partial charge in [-0.2, -0.15) is 0 Å². The molecule has 2 aromatic rings. The van der Waals surface area contributed by atoms with Gasteiger partial charge >= 0.3 is 0 Å². The molecule has 2 nitrogen and oxygen atoms in total. The van der Waals surface area contributed by atoms with Crippen LogP contribution in [0.5, 0.6) is 0 Å². The number of hydrogen-bond acceptors (Lipinski definition) is 1. The lowest BCUT2D eigenvalue weighted by atomic mass is 9.73. The van der Waals surface area contributed by atoms with Gasteiger partial charge in [0.1, 0.15) is 0 Å². The number of carbonyl (C=O) groups is 1. The third kappa shape index (κ3) is 3.72. The maximum absolute atomic E-state index is 8.36. The lowest BCUT2D eigenvalue weighted by molar-refractivity contribution is -0.122. The molecule has 0 aromatic heterocycles. The van der Waals surface area contributed by atoms with E-state index in [9.17, 15) is 0 Å². The van der Waals surface area contributed by atoms with E-state index >= 15 is 0 Å². The topological polar surface area (TPSA) is 37.3 Å². The lowest BCUT2D eigenvalue weighted by Crippen LogP contribution is -2.17. The number of fused-ring (bicyclic) bond motifs is 1. The number of hydrogen-bond donors (Lipinski definition) is 1. The van der Waals surface area contributed by atoms with Gasteiger partial charge in [-0.25, -0.2) is 0 Å². The third-order valence-electron chi connectivity index (χ3n) is 4.29. The van der Waals surface area contributed by atoms with Gasteiger partial charge in [0.25, 0.3) is 6.47 Å². The third-order valence-corrected chi connectivity index (χ3v) is 4.29. The van der Waals surface area contributed by atoms with Crippen LogP contribution in [0.3, 0.4) is 0 Å². The SMILES string of the molecule is CCC1CC(c2ccccc2)Cc2ccccc21.O=CO. The van der Waals surface area contributed by atoms with E-state index in [-0.39, 0.29) is 6.47 Å². The minimum atomic E-state index is -0.250. The molecular formula is C19H22O2. The Labute approximate surface area is 126 Å². The maximum Gasteiger partial charge on any atom is 0.290 e. The first-order valence-corrected chi connectivity index (χ1v) is 7.50. The van der Waals surface area contributed by atoms with Crippen molar-refractivity contribution in [1.29, 1.82) is 0 Å². The molecule has 0 saturated carbocycles. The molecule has 0 fully saturated rings. The molecule has 0 aliphatic heterocycles. The average molecular weight is 282 g/mol. The minimum absolute atomic E-state index is 0.250. The van der Waals surface area contributed by atoms with Crippen LogP contribution < -0.4 is 0 Å². The lowest BCUT2D eigenvalue weighted by Gasteiger charge is -2.31. The molecule has 1 aliphatic rings. The molecule has 0 spiro atoms. The predicted octanol–water partition coefficient (Wildman–Crippen LogP) is 4.61. The van der Waals surface area contributed by atoms with Gasteiger partial charge < -0.3 is 5.11 Å². The molecule has 2 aromatic carbocycles. The predicted molar refractivity (Wildman–Crippen MR) is 85.7 cm³/mol. The van der Waals surface area contributed by atoms with E-state index in [0.717, 1.165) is 5.92 Å². The van der Waals surface area contributed by atoms with Gasteiger partial charge in [-0.3, -0.25) is 4.79 Å². The van der Waals surface area contributed by atoms with Gasteiger partial charge in [0.05, 0.1) is 0 Å². The summed E-state index contributed by atoms with van der Waals surface area (Å²) in [6, 6.07) is 20.0. The number of benzene rings is 2. The van der Waals surface area contributed by atoms with Crippen LogP contribution in [0.4, 0.5) is 0 Å². The second kappa shape index (κ2) is 7.63. The van der Waals surface area contributed by atoms with Crippen molar-refractivity contribution in [2.24, 2.45) is 0 Å². The van der Waals surface area contributed by atoms with E-state index in [1.807, 2.05) is 0 Å². The molecule has 0 saturated heterocycles. The quantitative estimate of drug-likeness (QED) is 0.817. The molecule has 110 valence electrons. The van der Waals surface area contributed by atoms with Gasteiger partial charge in [0.2, 0.25) is 0 Å². The van der Waals surface area contributed by atoms with Crippen LogP contribution in [-0.2, 0) is 11.2 Å². The summed E-state index contributed by atoms with van der Waals surface area (Å²) < 4.78 is 0. The van der Waals surface area contributed by atoms with Gasteiger partial charge in [0.15, 0.2) is 0 Å². The van der Waals surface area contributed by atoms with Crippen molar-refractivity contribution in [3.8, 4) is 0 Å². The molecule has 0 heterocycles. The molecule has 2 atom stereocenters. The summed E-state index contributed by atoms with van der Waals surface area (Å²) in [5.74, 6) is 1.44. The molecule has 1 N–H and O–H groups in total. The van der Waals surface area contributed by atoms with Crippen LogP contribution >= 0.6 is 0 Å². The van der Waals surface area contributed by atoms with Crippen LogP contribution in [0.25, 0.3) is 0 Å². The van der Waals surface area contributed by atoms with Crippen molar-refractivity contribution in [3.63, 3.8) is 0 Å². The van der Waals surface area contributed by atoms with E-state index in [0.29, 0.717) is 5.92 Å². The maximum atomic E-state index is 8.36. The van der Waals surface area contributed by atoms with E-state index in [1.165, 1.54) is 24.8 Å². The number of rotatable bonds is 2. The zero-order chi connectivity index (χ0) is 15.1. The summed E-state index contributed by atoms with van der Waals surface area (Å²) in [4.78, 5) is 8.36. The highest BCUT2D eigenvalue weighted by Crippen LogP contribution is 2.41. The molecule has 0 radical (unpaired) electrons. The summed E-state index contributed by atoms with van der Waals surface area (Å²) in [6.07, 6.45) is 3.76. The summed E-state index contributed by atoms with van der Waals surface area (Å²) >= 11 is 0. The Hall–Kier alpha value is -2.09. The first-order chi connectivity index (χ1) is 10.3. The number of carboxylic acid groups (broad SMARTS) is 1. The van der Waals surface area contributed by atoms with E-state index < -0.39 is 0 Å². The van der Waals surface area contributed by atoms with Crippen LogP contribution in [0.1, 0.15) is 48.3 Å². The minimum Gasteiger partial charge on any atom is -0.483 e. The summed E-state index contributed by atoms with van der Waals surface area (Å²) in [7, 11) is 0. The Morgan fingerprint density at radius 1 is 1.10 bits per heavy atom. The van der Waals surface area contributed by atoms with Gasteiger partial charge in [-0.15, -0.1) is 0 Å². The van der Waals surface area contributed by atoms with Crippen molar-refractivity contribution < 1.29 is 9.90 Å². The Balaban J connectivity index is 0.000000497. The van der Waals surface area contributed by atoms with E-state index in [2.05, 4.69) is 61.5 Å². The first kappa shape index (κ1) is 15.3. The molecule has 21 heavy (non-hydrogen) atoms. The molecule has 3 rings (SSSR count). The molecule has 2 unspecified atom stereocenters. The van der Waals surface area contributed by atoms with Crippen molar-refractivity contribution in [2.45, 2.75) is 38.0 Å². The highest BCUT2D eigenvalue weighted by Gasteiger charge is 2.26. The highest BCUT2D eigenvalue weighted by molar-refractivity contribution is 5.36. The van der Waals surface area contributed by atoms with Gasteiger partial charge in [-0.05, 0) is 47.8 Å². The van der Waals surface area contributed by atoms with Crippen LogP contribution in [0, 0.1) is 0 Å². The van der Waals surface area contributed by atoms with E-state index in [1.54, 1.807) is 11.1 Å². The second-order valence-corrected chi connectivity index (χ2v) is 5.46.